The molecule has 16 heavy (non-hydrogen) atoms. The Balaban J connectivity index is 2.57. The van der Waals surface area contributed by atoms with Crippen LogP contribution in [-0.4, -0.2) is 11.9 Å². The normalized spacial score (nSPS) is 12.2. The van der Waals surface area contributed by atoms with Crippen LogP contribution in [0.4, 0.5) is 0 Å². The average Bonchev–Trinajstić information content (AvgIpc) is 2.29. The minimum Gasteiger partial charge on any atom is -0.493 e. The van der Waals surface area contributed by atoms with Crippen molar-refractivity contribution in [2.75, 3.05) is 11.9 Å². The number of alkyl halides is 1. The zero-order chi connectivity index (χ0) is 12.0. The highest BCUT2D eigenvalue weighted by Gasteiger charge is 2.12. The molecule has 1 unspecified atom stereocenters. The Kier molecular flexibility index (Phi) is 5.34. The van der Waals surface area contributed by atoms with E-state index in [1.807, 2.05) is 12.1 Å². The predicted octanol–water partition coefficient (Wildman–Crippen LogP) is 3.60. The van der Waals surface area contributed by atoms with Gasteiger partial charge in [-0.2, -0.15) is 5.26 Å². The highest BCUT2D eigenvalue weighted by atomic mass is 79.9. The Bertz CT molecular complexity index is 370. The maximum absolute atomic E-state index is 8.76. The van der Waals surface area contributed by atoms with Gasteiger partial charge in [-0.25, -0.2) is 0 Å². The molecule has 0 aliphatic carbocycles. The minimum atomic E-state index is 0.491. The molecule has 0 N–H and O–H groups in total. The molecule has 1 aromatic carbocycles. The number of ether oxygens (including phenoxy) is 1. The fraction of sp³-hybridized carbons (Fsp3) is 0.462. The number of benzene rings is 1. The van der Waals surface area contributed by atoms with Gasteiger partial charge in [0.1, 0.15) is 5.75 Å². The summed E-state index contributed by atoms with van der Waals surface area (Å²) in [5.41, 5.74) is 0.637. The predicted molar refractivity (Wildman–Crippen MR) is 68.8 cm³/mol. The first-order valence-corrected chi connectivity index (χ1v) is 6.48. The van der Waals surface area contributed by atoms with Crippen molar-refractivity contribution in [1.29, 1.82) is 5.26 Å². The molecule has 0 amide bonds. The molecular formula is C13H16BrNO. The van der Waals surface area contributed by atoms with Crippen molar-refractivity contribution in [3.63, 3.8) is 0 Å². The van der Waals surface area contributed by atoms with Crippen molar-refractivity contribution in [3.05, 3.63) is 29.8 Å². The SMILES string of the molecule is CC(C)C(CBr)COc1cccc(C#N)c1. The zero-order valence-corrected chi connectivity index (χ0v) is 11.2. The van der Waals surface area contributed by atoms with Gasteiger partial charge in [-0.05, 0) is 24.1 Å². The summed E-state index contributed by atoms with van der Waals surface area (Å²) < 4.78 is 5.68. The standard InChI is InChI=1S/C13H16BrNO/c1-10(2)12(7-14)9-16-13-5-3-4-11(6-13)8-15/h3-6,10,12H,7,9H2,1-2H3. The number of halogens is 1. The third-order valence-corrected chi connectivity index (χ3v) is 3.40. The summed E-state index contributed by atoms with van der Waals surface area (Å²) in [4.78, 5) is 0. The van der Waals surface area contributed by atoms with E-state index in [-0.39, 0.29) is 0 Å². The van der Waals surface area contributed by atoms with Crippen molar-refractivity contribution in [1.82, 2.24) is 0 Å². The van der Waals surface area contributed by atoms with E-state index in [0.29, 0.717) is 24.0 Å². The van der Waals surface area contributed by atoms with Gasteiger partial charge in [-0.3, -0.25) is 0 Å². The van der Waals surface area contributed by atoms with Crippen LogP contribution in [-0.2, 0) is 0 Å². The molecule has 0 aliphatic heterocycles. The fourth-order valence-electron chi connectivity index (χ4n) is 1.27. The molecule has 1 atom stereocenters. The maximum atomic E-state index is 8.76. The quantitative estimate of drug-likeness (QED) is 0.773. The van der Waals surface area contributed by atoms with Crippen molar-refractivity contribution >= 4 is 15.9 Å². The summed E-state index contributed by atoms with van der Waals surface area (Å²) in [5.74, 6) is 1.84. The monoisotopic (exact) mass is 281 g/mol. The van der Waals surface area contributed by atoms with E-state index in [9.17, 15) is 0 Å². The van der Waals surface area contributed by atoms with Crippen LogP contribution in [0.2, 0.25) is 0 Å². The van der Waals surface area contributed by atoms with E-state index in [0.717, 1.165) is 11.1 Å². The van der Waals surface area contributed by atoms with E-state index in [1.165, 1.54) is 0 Å². The lowest BCUT2D eigenvalue weighted by Crippen LogP contribution is -2.19. The number of nitrogens with zero attached hydrogens (tertiary/aromatic N) is 1. The lowest BCUT2D eigenvalue weighted by atomic mass is 9.99. The van der Waals surface area contributed by atoms with Gasteiger partial charge in [-0.1, -0.05) is 35.8 Å². The summed E-state index contributed by atoms with van der Waals surface area (Å²) in [6.45, 7) is 5.04. The van der Waals surface area contributed by atoms with Crippen LogP contribution < -0.4 is 4.74 Å². The van der Waals surface area contributed by atoms with Crippen LogP contribution in [0.15, 0.2) is 24.3 Å². The van der Waals surface area contributed by atoms with E-state index in [4.69, 9.17) is 10.00 Å². The Morgan fingerprint density at radius 2 is 2.19 bits per heavy atom. The zero-order valence-electron chi connectivity index (χ0n) is 9.61. The summed E-state index contributed by atoms with van der Waals surface area (Å²) in [7, 11) is 0. The van der Waals surface area contributed by atoms with E-state index in [1.54, 1.807) is 12.1 Å². The van der Waals surface area contributed by atoms with Gasteiger partial charge in [-0.15, -0.1) is 0 Å². The first-order chi connectivity index (χ1) is 7.67. The molecule has 0 fully saturated rings. The Hall–Kier alpha value is -1.01. The molecule has 1 aromatic rings. The van der Waals surface area contributed by atoms with Gasteiger partial charge in [0.15, 0.2) is 0 Å². The van der Waals surface area contributed by atoms with Crippen LogP contribution >= 0.6 is 15.9 Å². The third-order valence-electron chi connectivity index (χ3n) is 2.57. The Morgan fingerprint density at radius 3 is 2.75 bits per heavy atom. The molecular weight excluding hydrogens is 266 g/mol. The molecule has 86 valence electrons. The molecule has 0 heterocycles. The number of hydrogen-bond acceptors (Lipinski definition) is 2. The second-order valence-electron chi connectivity index (χ2n) is 4.11. The topological polar surface area (TPSA) is 33.0 Å². The van der Waals surface area contributed by atoms with Gasteiger partial charge in [0, 0.05) is 11.2 Å². The summed E-state index contributed by atoms with van der Waals surface area (Å²) >= 11 is 3.49. The van der Waals surface area contributed by atoms with Crippen molar-refractivity contribution in [3.8, 4) is 11.8 Å². The van der Waals surface area contributed by atoms with Crippen molar-refractivity contribution in [2.24, 2.45) is 11.8 Å². The summed E-state index contributed by atoms with van der Waals surface area (Å²) in [6, 6.07) is 9.37. The van der Waals surface area contributed by atoms with Gasteiger partial charge in [0.05, 0.1) is 18.2 Å². The highest BCUT2D eigenvalue weighted by Crippen LogP contribution is 2.18. The molecule has 0 bridgehead atoms. The molecule has 3 heteroatoms. The van der Waals surface area contributed by atoms with E-state index >= 15 is 0 Å². The second kappa shape index (κ2) is 6.55. The van der Waals surface area contributed by atoms with Crippen LogP contribution in [0.5, 0.6) is 5.75 Å². The van der Waals surface area contributed by atoms with E-state index < -0.39 is 0 Å². The summed E-state index contributed by atoms with van der Waals surface area (Å²) in [5, 5.41) is 9.69. The highest BCUT2D eigenvalue weighted by molar-refractivity contribution is 9.09. The van der Waals surface area contributed by atoms with Crippen molar-refractivity contribution in [2.45, 2.75) is 13.8 Å². The van der Waals surface area contributed by atoms with Gasteiger partial charge < -0.3 is 4.74 Å². The smallest absolute Gasteiger partial charge is 0.120 e. The van der Waals surface area contributed by atoms with Crippen LogP contribution in [0.3, 0.4) is 0 Å². The largest absolute Gasteiger partial charge is 0.493 e. The minimum absolute atomic E-state index is 0.491. The first-order valence-electron chi connectivity index (χ1n) is 5.36. The molecule has 0 saturated heterocycles. The molecule has 0 saturated carbocycles. The Morgan fingerprint density at radius 1 is 1.44 bits per heavy atom. The lowest BCUT2D eigenvalue weighted by Gasteiger charge is -2.18. The number of nitriles is 1. The number of rotatable bonds is 5. The molecule has 0 radical (unpaired) electrons. The Labute approximate surface area is 105 Å². The second-order valence-corrected chi connectivity index (χ2v) is 4.76. The van der Waals surface area contributed by atoms with E-state index in [2.05, 4.69) is 35.8 Å². The van der Waals surface area contributed by atoms with Crippen molar-refractivity contribution < 1.29 is 4.74 Å². The average molecular weight is 282 g/mol. The third kappa shape index (κ3) is 3.86. The molecule has 0 aliphatic rings. The summed E-state index contributed by atoms with van der Waals surface area (Å²) in [6.07, 6.45) is 0. The van der Waals surface area contributed by atoms with Gasteiger partial charge in [0.2, 0.25) is 0 Å². The molecule has 2 nitrogen and oxygen atoms in total. The molecule has 0 aromatic heterocycles. The van der Waals surface area contributed by atoms with Gasteiger partial charge >= 0.3 is 0 Å². The van der Waals surface area contributed by atoms with Crippen LogP contribution in [0, 0.1) is 23.2 Å². The van der Waals surface area contributed by atoms with Crippen LogP contribution in [0.25, 0.3) is 0 Å². The molecule has 0 spiro atoms. The van der Waals surface area contributed by atoms with Gasteiger partial charge in [0.25, 0.3) is 0 Å². The molecule has 1 rings (SSSR count). The maximum Gasteiger partial charge on any atom is 0.120 e. The lowest BCUT2D eigenvalue weighted by molar-refractivity contribution is 0.227. The first kappa shape index (κ1) is 13.1. The van der Waals surface area contributed by atoms with Crippen LogP contribution in [0.1, 0.15) is 19.4 Å². The fourth-order valence-corrected chi connectivity index (χ4v) is 2.21. The number of hydrogen-bond donors (Lipinski definition) is 0.